The van der Waals surface area contributed by atoms with Crippen LogP contribution in [-0.4, -0.2) is 35.9 Å². The number of nitrogens with one attached hydrogen (secondary N) is 1. The Morgan fingerprint density at radius 2 is 2.11 bits per heavy atom. The SMILES string of the molecule is COc1ccc(C(=O)NCC(O)C(C)C)c(O)c1. The summed E-state index contributed by atoms with van der Waals surface area (Å²) < 4.78 is 4.93. The molecule has 3 N–H and O–H groups in total. The minimum Gasteiger partial charge on any atom is -0.507 e. The average molecular weight is 253 g/mol. The molecule has 1 aromatic rings. The Morgan fingerprint density at radius 1 is 1.44 bits per heavy atom. The Kier molecular flexibility index (Phi) is 4.97. The van der Waals surface area contributed by atoms with E-state index in [1.807, 2.05) is 13.8 Å². The fourth-order valence-corrected chi connectivity index (χ4v) is 1.36. The number of aliphatic hydroxyl groups is 1. The van der Waals surface area contributed by atoms with E-state index in [1.165, 1.54) is 19.2 Å². The zero-order chi connectivity index (χ0) is 13.7. The summed E-state index contributed by atoms with van der Waals surface area (Å²) in [5.74, 6) is -0.0261. The molecular weight excluding hydrogens is 234 g/mol. The summed E-state index contributed by atoms with van der Waals surface area (Å²) in [7, 11) is 1.48. The molecule has 0 bridgehead atoms. The van der Waals surface area contributed by atoms with Crippen LogP contribution in [0, 0.1) is 5.92 Å². The first kappa shape index (κ1) is 14.3. The predicted molar refractivity (Wildman–Crippen MR) is 67.8 cm³/mol. The zero-order valence-corrected chi connectivity index (χ0v) is 10.8. The largest absolute Gasteiger partial charge is 0.507 e. The van der Waals surface area contributed by atoms with Crippen LogP contribution in [0.3, 0.4) is 0 Å². The molecule has 5 nitrogen and oxygen atoms in total. The number of carbonyl (C=O) groups is 1. The van der Waals surface area contributed by atoms with Gasteiger partial charge in [-0.15, -0.1) is 0 Å². The second-order valence-electron chi connectivity index (χ2n) is 4.40. The Hall–Kier alpha value is -1.75. The maximum absolute atomic E-state index is 11.8. The van der Waals surface area contributed by atoms with E-state index in [2.05, 4.69) is 5.32 Å². The number of aliphatic hydroxyl groups excluding tert-OH is 1. The average Bonchev–Trinajstić information content (AvgIpc) is 2.34. The van der Waals surface area contributed by atoms with Gasteiger partial charge in [-0.1, -0.05) is 13.8 Å². The van der Waals surface area contributed by atoms with Crippen LogP contribution in [0.15, 0.2) is 18.2 Å². The Morgan fingerprint density at radius 3 is 2.61 bits per heavy atom. The standard InChI is InChI=1S/C13H19NO4/c1-8(2)12(16)7-14-13(17)10-5-4-9(18-3)6-11(10)15/h4-6,8,12,15-16H,7H2,1-3H3,(H,14,17). The number of phenols is 1. The number of phenolic OH excluding ortho intramolecular Hbond substituents is 1. The third kappa shape index (κ3) is 3.63. The van der Waals surface area contributed by atoms with Crippen LogP contribution in [0.2, 0.25) is 0 Å². The van der Waals surface area contributed by atoms with E-state index in [1.54, 1.807) is 6.07 Å². The molecule has 0 aliphatic carbocycles. The van der Waals surface area contributed by atoms with E-state index in [4.69, 9.17) is 4.74 Å². The van der Waals surface area contributed by atoms with Gasteiger partial charge >= 0.3 is 0 Å². The van der Waals surface area contributed by atoms with E-state index in [-0.39, 0.29) is 23.8 Å². The summed E-state index contributed by atoms with van der Waals surface area (Å²) in [6, 6.07) is 4.44. The quantitative estimate of drug-likeness (QED) is 0.735. The van der Waals surface area contributed by atoms with Crippen molar-refractivity contribution in [1.29, 1.82) is 0 Å². The number of rotatable bonds is 5. The molecule has 0 saturated carbocycles. The second kappa shape index (κ2) is 6.26. The highest BCUT2D eigenvalue weighted by molar-refractivity contribution is 5.97. The molecule has 18 heavy (non-hydrogen) atoms. The first-order valence-electron chi connectivity index (χ1n) is 5.79. The van der Waals surface area contributed by atoms with Crippen molar-refractivity contribution in [2.45, 2.75) is 20.0 Å². The lowest BCUT2D eigenvalue weighted by Crippen LogP contribution is -2.34. The highest BCUT2D eigenvalue weighted by Crippen LogP contribution is 2.23. The molecule has 0 saturated heterocycles. The van der Waals surface area contributed by atoms with E-state index in [0.29, 0.717) is 5.75 Å². The van der Waals surface area contributed by atoms with E-state index < -0.39 is 12.0 Å². The summed E-state index contributed by atoms with van der Waals surface area (Å²) >= 11 is 0. The van der Waals surface area contributed by atoms with Gasteiger partial charge in [0, 0.05) is 12.6 Å². The summed E-state index contributed by atoms with van der Waals surface area (Å²) in [5.41, 5.74) is 0.159. The lowest BCUT2D eigenvalue weighted by molar-refractivity contribution is 0.0869. The predicted octanol–water partition coefficient (Wildman–Crippen LogP) is 1.15. The number of hydrogen-bond acceptors (Lipinski definition) is 4. The van der Waals surface area contributed by atoms with Crippen molar-refractivity contribution in [1.82, 2.24) is 5.32 Å². The highest BCUT2D eigenvalue weighted by Gasteiger charge is 2.14. The van der Waals surface area contributed by atoms with E-state index in [9.17, 15) is 15.0 Å². The van der Waals surface area contributed by atoms with Gasteiger partial charge < -0.3 is 20.3 Å². The molecule has 0 aromatic heterocycles. The van der Waals surface area contributed by atoms with Crippen molar-refractivity contribution in [2.24, 2.45) is 5.92 Å². The van der Waals surface area contributed by atoms with Crippen LogP contribution in [0.1, 0.15) is 24.2 Å². The van der Waals surface area contributed by atoms with Crippen LogP contribution >= 0.6 is 0 Å². The summed E-state index contributed by atoms with van der Waals surface area (Å²) in [6.07, 6.45) is -0.602. The Labute approximate surface area is 106 Å². The monoisotopic (exact) mass is 253 g/mol. The van der Waals surface area contributed by atoms with Crippen LogP contribution in [-0.2, 0) is 0 Å². The molecule has 0 radical (unpaired) electrons. The zero-order valence-electron chi connectivity index (χ0n) is 10.8. The van der Waals surface area contributed by atoms with E-state index >= 15 is 0 Å². The van der Waals surface area contributed by atoms with E-state index in [0.717, 1.165) is 0 Å². The molecule has 1 amide bonds. The smallest absolute Gasteiger partial charge is 0.255 e. The van der Waals surface area contributed by atoms with Crippen LogP contribution in [0.25, 0.3) is 0 Å². The first-order chi connectivity index (χ1) is 8.45. The van der Waals surface area contributed by atoms with Crippen molar-refractivity contribution in [3.8, 4) is 11.5 Å². The molecule has 0 aliphatic heterocycles. The van der Waals surface area contributed by atoms with Gasteiger partial charge in [0.15, 0.2) is 0 Å². The lowest BCUT2D eigenvalue weighted by atomic mass is 10.1. The van der Waals surface area contributed by atoms with Gasteiger partial charge in [0.05, 0.1) is 18.8 Å². The molecular formula is C13H19NO4. The fraction of sp³-hybridized carbons (Fsp3) is 0.462. The topological polar surface area (TPSA) is 78.8 Å². The van der Waals surface area contributed by atoms with Gasteiger partial charge in [0.1, 0.15) is 11.5 Å². The van der Waals surface area contributed by atoms with Crippen molar-refractivity contribution in [3.05, 3.63) is 23.8 Å². The van der Waals surface area contributed by atoms with Gasteiger partial charge in [-0.25, -0.2) is 0 Å². The number of carbonyl (C=O) groups excluding carboxylic acids is 1. The fourth-order valence-electron chi connectivity index (χ4n) is 1.36. The molecule has 0 spiro atoms. The van der Waals surface area contributed by atoms with Crippen LogP contribution in [0.4, 0.5) is 0 Å². The number of amides is 1. The maximum Gasteiger partial charge on any atom is 0.255 e. The second-order valence-corrected chi connectivity index (χ2v) is 4.40. The molecule has 0 fully saturated rings. The summed E-state index contributed by atoms with van der Waals surface area (Å²) in [6.45, 7) is 3.88. The molecule has 0 heterocycles. The number of methoxy groups -OCH3 is 1. The number of hydrogen-bond donors (Lipinski definition) is 3. The summed E-state index contributed by atoms with van der Waals surface area (Å²) in [4.78, 5) is 11.8. The molecule has 1 rings (SSSR count). The minimum atomic E-state index is -0.602. The lowest BCUT2D eigenvalue weighted by Gasteiger charge is -2.15. The van der Waals surface area contributed by atoms with Gasteiger partial charge in [-0.2, -0.15) is 0 Å². The minimum absolute atomic E-state index is 0.0646. The van der Waals surface area contributed by atoms with Crippen LogP contribution in [0.5, 0.6) is 11.5 Å². The van der Waals surface area contributed by atoms with Crippen molar-refractivity contribution in [3.63, 3.8) is 0 Å². The van der Waals surface area contributed by atoms with Gasteiger partial charge in [0.25, 0.3) is 5.91 Å². The highest BCUT2D eigenvalue weighted by atomic mass is 16.5. The molecule has 100 valence electrons. The molecule has 5 heteroatoms. The number of ether oxygens (including phenoxy) is 1. The van der Waals surface area contributed by atoms with Gasteiger partial charge in [0.2, 0.25) is 0 Å². The van der Waals surface area contributed by atoms with Crippen LogP contribution < -0.4 is 10.1 Å². The third-order valence-electron chi connectivity index (χ3n) is 2.69. The molecule has 1 unspecified atom stereocenters. The Balaban J connectivity index is 2.67. The molecule has 0 aliphatic rings. The maximum atomic E-state index is 11.8. The number of benzene rings is 1. The van der Waals surface area contributed by atoms with Crippen molar-refractivity contribution in [2.75, 3.05) is 13.7 Å². The molecule has 1 aromatic carbocycles. The molecule has 1 atom stereocenters. The normalized spacial score (nSPS) is 12.3. The third-order valence-corrected chi connectivity index (χ3v) is 2.69. The van der Waals surface area contributed by atoms with Crippen molar-refractivity contribution < 1.29 is 19.7 Å². The van der Waals surface area contributed by atoms with Gasteiger partial charge in [-0.05, 0) is 18.1 Å². The van der Waals surface area contributed by atoms with Gasteiger partial charge in [-0.3, -0.25) is 4.79 Å². The summed E-state index contributed by atoms with van der Waals surface area (Å²) in [5, 5.41) is 21.8. The number of aromatic hydroxyl groups is 1. The first-order valence-corrected chi connectivity index (χ1v) is 5.79. The Bertz CT molecular complexity index is 417. The van der Waals surface area contributed by atoms with Crippen molar-refractivity contribution >= 4 is 5.91 Å².